The fraction of sp³-hybridized carbons (Fsp3) is 1.00. The topological polar surface area (TPSA) is 41.5 Å². The van der Waals surface area contributed by atoms with Gasteiger partial charge in [0.2, 0.25) is 0 Å². The van der Waals surface area contributed by atoms with Crippen LogP contribution in [0.15, 0.2) is 0 Å². The summed E-state index contributed by atoms with van der Waals surface area (Å²) in [6.07, 6.45) is 15.1. The molecule has 5 aliphatic rings. The largest absolute Gasteiger partial charge is 0.389 e. The van der Waals surface area contributed by atoms with Crippen LogP contribution in [0.25, 0.3) is 0 Å². The van der Waals surface area contributed by atoms with E-state index >= 15 is 0 Å². The Kier molecular flexibility index (Phi) is 4.99. The molecule has 1 atom stereocenters. The molecule has 5 rings (SSSR count). The predicted octanol–water partition coefficient (Wildman–Crippen LogP) is 3.50. The molecule has 0 heterocycles. The molecule has 0 spiro atoms. The first kappa shape index (κ1) is 16.4. The molecule has 3 nitrogen and oxygen atoms in total. The van der Waals surface area contributed by atoms with Gasteiger partial charge in [0.1, 0.15) is 0 Å². The minimum absolute atomic E-state index is 0.341. The fourth-order valence-corrected chi connectivity index (χ4v) is 6.60. The normalized spacial score (nSPS) is 40.8. The van der Waals surface area contributed by atoms with Gasteiger partial charge in [-0.3, -0.25) is 0 Å². The first-order valence-corrected chi connectivity index (χ1v) is 10.2. The summed E-state index contributed by atoms with van der Waals surface area (Å²) < 4.78 is 5.86. The Morgan fingerprint density at radius 3 is 2.22 bits per heavy atom. The molecule has 5 saturated carbocycles. The summed E-state index contributed by atoms with van der Waals surface area (Å²) in [7, 11) is 0. The van der Waals surface area contributed by atoms with Crippen molar-refractivity contribution in [3.05, 3.63) is 0 Å². The summed E-state index contributed by atoms with van der Waals surface area (Å²) >= 11 is 0. The van der Waals surface area contributed by atoms with Gasteiger partial charge < -0.3 is 15.2 Å². The van der Waals surface area contributed by atoms with Gasteiger partial charge in [-0.05, 0) is 81.0 Å². The molecule has 0 aromatic heterocycles. The molecule has 1 unspecified atom stereocenters. The molecular weight excluding hydrogens is 286 g/mol. The number of nitrogens with one attached hydrogen (secondary N) is 1. The van der Waals surface area contributed by atoms with Crippen LogP contribution in [0.2, 0.25) is 0 Å². The maximum atomic E-state index is 10.1. The SMILES string of the molecule is OC(CNC1CCCC1)COCCC12CC3CC(CC(C3)C1)C2. The Balaban J connectivity index is 1.13. The van der Waals surface area contributed by atoms with Gasteiger partial charge in [-0.15, -0.1) is 0 Å². The van der Waals surface area contributed by atoms with E-state index in [-0.39, 0.29) is 6.10 Å². The molecule has 5 fully saturated rings. The lowest BCUT2D eigenvalue weighted by Crippen LogP contribution is -2.46. The lowest BCUT2D eigenvalue weighted by Gasteiger charge is -2.57. The van der Waals surface area contributed by atoms with Crippen LogP contribution in [0, 0.1) is 23.2 Å². The monoisotopic (exact) mass is 321 g/mol. The average molecular weight is 322 g/mol. The molecule has 0 radical (unpaired) electrons. The number of ether oxygens (including phenoxy) is 1. The minimum atomic E-state index is -0.341. The molecule has 0 aromatic carbocycles. The second-order valence-corrected chi connectivity index (χ2v) is 9.29. The third kappa shape index (κ3) is 3.93. The standard InChI is InChI=1S/C20H35NO2/c22-19(13-21-18-3-1-2-4-18)14-23-6-5-20-10-15-7-16(11-20)9-17(8-15)12-20/h15-19,21-22H,1-14H2. The number of aliphatic hydroxyl groups is 1. The van der Waals surface area contributed by atoms with Crippen LogP contribution in [0.4, 0.5) is 0 Å². The van der Waals surface area contributed by atoms with Gasteiger partial charge in [0.25, 0.3) is 0 Å². The number of rotatable bonds is 8. The van der Waals surface area contributed by atoms with Gasteiger partial charge in [0, 0.05) is 19.2 Å². The Morgan fingerprint density at radius 1 is 1.00 bits per heavy atom. The van der Waals surface area contributed by atoms with Crippen molar-refractivity contribution >= 4 is 0 Å². The Bertz CT molecular complexity index is 356. The van der Waals surface area contributed by atoms with Crippen LogP contribution in [0.1, 0.15) is 70.6 Å². The maximum Gasteiger partial charge on any atom is 0.0897 e. The highest BCUT2D eigenvalue weighted by atomic mass is 16.5. The van der Waals surface area contributed by atoms with Crippen LogP contribution in [-0.2, 0) is 4.74 Å². The summed E-state index contributed by atoms with van der Waals surface area (Å²) in [4.78, 5) is 0. The first-order valence-electron chi connectivity index (χ1n) is 10.2. The molecule has 2 N–H and O–H groups in total. The van der Waals surface area contributed by atoms with Gasteiger partial charge >= 0.3 is 0 Å². The van der Waals surface area contributed by atoms with Crippen molar-refractivity contribution in [2.45, 2.75) is 82.8 Å². The van der Waals surface area contributed by atoms with E-state index in [0.29, 0.717) is 24.6 Å². The molecule has 23 heavy (non-hydrogen) atoms. The summed E-state index contributed by atoms with van der Waals surface area (Å²) in [5.41, 5.74) is 0.613. The van der Waals surface area contributed by atoms with Crippen molar-refractivity contribution in [2.24, 2.45) is 23.2 Å². The lowest BCUT2D eigenvalue weighted by molar-refractivity contribution is -0.0730. The van der Waals surface area contributed by atoms with Gasteiger partial charge in [-0.1, -0.05) is 12.8 Å². The van der Waals surface area contributed by atoms with Crippen molar-refractivity contribution in [1.82, 2.24) is 5.32 Å². The number of hydrogen-bond donors (Lipinski definition) is 2. The van der Waals surface area contributed by atoms with Gasteiger partial charge in [-0.25, -0.2) is 0 Å². The Labute approximate surface area is 141 Å². The molecule has 132 valence electrons. The van der Waals surface area contributed by atoms with Gasteiger partial charge in [-0.2, -0.15) is 0 Å². The van der Waals surface area contributed by atoms with Crippen molar-refractivity contribution < 1.29 is 9.84 Å². The molecule has 0 aliphatic heterocycles. The second kappa shape index (κ2) is 7.01. The number of hydrogen-bond acceptors (Lipinski definition) is 3. The van der Waals surface area contributed by atoms with Gasteiger partial charge in [0.05, 0.1) is 12.7 Å². The third-order valence-electron chi connectivity index (χ3n) is 7.25. The molecule has 5 aliphatic carbocycles. The fourth-order valence-electron chi connectivity index (χ4n) is 6.60. The summed E-state index contributed by atoms with van der Waals surface area (Å²) in [6, 6.07) is 0.636. The van der Waals surface area contributed by atoms with Crippen LogP contribution in [0.3, 0.4) is 0 Å². The quantitative estimate of drug-likeness (QED) is 0.672. The molecular formula is C20H35NO2. The minimum Gasteiger partial charge on any atom is -0.389 e. The van der Waals surface area contributed by atoms with E-state index in [1.54, 1.807) is 0 Å². The van der Waals surface area contributed by atoms with Crippen LogP contribution in [0.5, 0.6) is 0 Å². The molecule has 0 aromatic rings. The highest BCUT2D eigenvalue weighted by molar-refractivity contribution is 5.01. The van der Waals surface area contributed by atoms with Gasteiger partial charge in [0.15, 0.2) is 0 Å². The highest BCUT2D eigenvalue weighted by Crippen LogP contribution is 2.61. The van der Waals surface area contributed by atoms with E-state index in [2.05, 4.69) is 5.32 Å². The van der Waals surface area contributed by atoms with Crippen molar-refractivity contribution in [3.63, 3.8) is 0 Å². The van der Waals surface area contributed by atoms with Crippen LogP contribution in [-0.4, -0.2) is 37.0 Å². The van der Waals surface area contributed by atoms with Crippen molar-refractivity contribution in [2.75, 3.05) is 19.8 Å². The molecule has 0 saturated heterocycles. The van der Waals surface area contributed by atoms with E-state index in [4.69, 9.17) is 4.74 Å². The second-order valence-electron chi connectivity index (χ2n) is 9.29. The maximum absolute atomic E-state index is 10.1. The van der Waals surface area contributed by atoms with E-state index < -0.39 is 0 Å². The van der Waals surface area contributed by atoms with Crippen LogP contribution < -0.4 is 5.32 Å². The van der Waals surface area contributed by atoms with E-state index in [1.807, 2.05) is 0 Å². The third-order valence-corrected chi connectivity index (χ3v) is 7.25. The highest BCUT2D eigenvalue weighted by Gasteiger charge is 2.50. The average Bonchev–Trinajstić information content (AvgIpc) is 3.02. The smallest absolute Gasteiger partial charge is 0.0897 e. The predicted molar refractivity (Wildman–Crippen MR) is 92.3 cm³/mol. The van der Waals surface area contributed by atoms with Crippen LogP contribution >= 0.6 is 0 Å². The number of aliphatic hydroxyl groups excluding tert-OH is 1. The zero-order valence-electron chi connectivity index (χ0n) is 14.6. The summed E-state index contributed by atoms with van der Waals surface area (Å²) in [5, 5.41) is 13.6. The zero-order chi connectivity index (χ0) is 15.7. The molecule has 4 bridgehead atoms. The molecule has 3 heteroatoms. The lowest BCUT2D eigenvalue weighted by atomic mass is 9.49. The van der Waals surface area contributed by atoms with Crippen molar-refractivity contribution in [1.29, 1.82) is 0 Å². The zero-order valence-corrected chi connectivity index (χ0v) is 14.6. The summed E-state index contributed by atoms with van der Waals surface area (Å²) in [5.74, 6) is 3.09. The first-order chi connectivity index (χ1) is 11.2. The van der Waals surface area contributed by atoms with E-state index in [0.717, 1.165) is 24.4 Å². The van der Waals surface area contributed by atoms with Crippen molar-refractivity contribution in [3.8, 4) is 0 Å². The Hall–Kier alpha value is -0.120. The van der Waals surface area contributed by atoms with E-state index in [9.17, 15) is 5.11 Å². The summed E-state index contributed by atoms with van der Waals surface area (Å²) in [6.45, 7) is 2.06. The Morgan fingerprint density at radius 2 is 1.61 bits per heavy atom. The van der Waals surface area contributed by atoms with E-state index in [1.165, 1.54) is 70.6 Å². The molecule has 0 amide bonds.